The molecule has 1 atom stereocenters. The molecule has 11 heteroatoms. The largest absolute Gasteiger partial charge is 0.364 e. The number of amides is 2. The molecule has 4 N–H and O–H groups in total. The standard InChI is InChI=1S/C16H18BrN5O4S/c17-10-4-6-11(7-5-10)27(25,26)22-8-2-1-3-13(22)16(24)20-12-9-19-21-14(12)15(18)23/h4-7,9,13H,1-3,8H2,(H2,18,23)(H,19,21)(H,20,24). The van der Waals surface area contributed by atoms with Crippen LogP contribution in [0.2, 0.25) is 0 Å². The highest BCUT2D eigenvalue weighted by Crippen LogP contribution is 2.27. The molecule has 9 nitrogen and oxygen atoms in total. The van der Waals surface area contributed by atoms with Gasteiger partial charge in [-0.1, -0.05) is 22.4 Å². The predicted molar refractivity (Wildman–Crippen MR) is 101 cm³/mol. The maximum atomic E-state index is 13.0. The fraction of sp³-hybridized carbons (Fsp3) is 0.312. The average molecular weight is 456 g/mol. The molecule has 1 fully saturated rings. The number of hydrogen-bond acceptors (Lipinski definition) is 5. The van der Waals surface area contributed by atoms with Crippen LogP contribution >= 0.6 is 15.9 Å². The van der Waals surface area contributed by atoms with E-state index in [4.69, 9.17) is 5.73 Å². The van der Waals surface area contributed by atoms with Gasteiger partial charge >= 0.3 is 0 Å². The highest BCUT2D eigenvalue weighted by atomic mass is 79.9. The predicted octanol–water partition coefficient (Wildman–Crippen LogP) is 1.45. The van der Waals surface area contributed by atoms with Gasteiger partial charge in [-0.05, 0) is 37.1 Å². The van der Waals surface area contributed by atoms with Gasteiger partial charge in [-0.15, -0.1) is 0 Å². The van der Waals surface area contributed by atoms with E-state index in [0.29, 0.717) is 12.8 Å². The van der Waals surface area contributed by atoms with Gasteiger partial charge in [0.2, 0.25) is 15.9 Å². The number of piperidine rings is 1. The number of carbonyl (C=O) groups is 2. The van der Waals surface area contributed by atoms with Crippen molar-refractivity contribution in [1.29, 1.82) is 0 Å². The van der Waals surface area contributed by atoms with Crippen molar-refractivity contribution < 1.29 is 18.0 Å². The number of rotatable bonds is 5. The molecule has 1 aliphatic heterocycles. The number of hydrogen-bond donors (Lipinski definition) is 3. The molecule has 0 aliphatic carbocycles. The Kier molecular flexibility index (Phi) is 5.63. The third-order valence-electron chi connectivity index (χ3n) is 4.32. The zero-order valence-corrected chi connectivity index (χ0v) is 16.6. The molecule has 1 unspecified atom stereocenters. The molecule has 3 rings (SSSR count). The van der Waals surface area contributed by atoms with Crippen molar-refractivity contribution in [3.63, 3.8) is 0 Å². The quantitative estimate of drug-likeness (QED) is 0.625. The first-order valence-electron chi connectivity index (χ1n) is 8.22. The minimum absolute atomic E-state index is 0.0403. The summed E-state index contributed by atoms with van der Waals surface area (Å²) in [5.74, 6) is -1.30. The Morgan fingerprint density at radius 1 is 1.26 bits per heavy atom. The number of benzene rings is 1. The third kappa shape index (κ3) is 4.04. The van der Waals surface area contributed by atoms with Crippen LogP contribution in [0.1, 0.15) is 29.8 Å². The van der Waals surface area contributed by atoms with Crippen molar-refractivity contribution in [3.8, 4) is 0 Å². The van der Waals surface area contributed by atoms with Crippen LogP contribution < -0.4 is 11.1 Å². The van der Waals surface area contributed by atoms with Gasteiger partial charge in [-0.25, -0.2) is 8.42 Å². The molecule has 0 bridgehead atoms. The third-order valence-corrected chi connectivity index (χ3v) is 6.77. The number of nitrogens with one attached hydrogen (secondary N) is 2. The van der Waals surface area contributed by atoms with Crippen LogP contribution in [0.15, 0.2) is 39.8 Å². The Morgan fingerprint density at radius 3 is 2.63 bits per heavy atom. The Bertz CT molecular complexity index is 957. The van der Waals surface area contributed by atoms with Gasteiger partial charge in [0.1, 0.15) is 11.7 Å². The van der Waals surface area contributed by atoms with E-state index in [1.165, 1.54) is 22.6 Å². The maximum Gasteiger partial charge on any atom is 0.268 e. The molecular weight excluding hydrogens is 438 g/mol. The van der Waals surface area contributed by atoms with Crippen LogP contribution in [0.5, 0.6) is 0 Å². The lowest BCUT2D eigenvalue weighted by Crippen LogP contribution is -2.49. The second kappa shape index (κ2) is 7.79. The minimum atomic E-state index is -3.84. The second-order valence-electron chi connectivity index (χ2n) is 6.09. The highest BCUT2D eigenvalue weighted by Gasteiger charge is 2.38. The lowest BCUT2D eigenvalue weighted by atomic mass is 10.0. The molecule has 0 radical (unpaired) electrons. The van der Waals surface area contributed by atoms with Crippen LogP contribution in [-0.2, 0) is 14.8 Å². The smallest absolute Gasteiger partial charge is 0.268 e. The fourth-order valence-electron chi connectivity index (χ4n) is 2.98. The summed E-state index contributed by atoms with van der Waals surface area (Å²) < 4.78 is 28.0. The Labute approximate surface area is 164 Å². The number of aromatic amines is 1. The Morgan fingerprint density at radius 2 is 1.96 bits per heavy atom. The number of halogens is 1. The second-order valence-corrected chi connectivity index (χ2v) is 8.90. The van der Waals surface area contributed by atoms with E-state index in [1.54, 1.807) is 12.1 Å². The summed E-state index contributed by atoms with van der Waals surface area (Å²) in [7, 11) is -3.84. The van der Waals surface area contributed by atoms with Gasteiger partial charge in [0, 0.05) is 11.0 Å². The van der Waals surface area contributed by atoms with E-state index in [0.717, 1.165) is 10.9 Å². The Balaban J connectivity index is 1.86. The van der Waals surface area contributed by atoms with Gasteiger partial charge < -0.3 is 11.1 Å². The molecule has 0 saturated carbocycles. The summed E-state index contributed by atoms with van der Waals surface area (Å²) in [5, 5.41) is 8.66. The van der Waals surface area contributed by atoms with E-state index in [1.807, 2.05) is 0 Å². The molecule has 0 spiro atoms. The normalized spacial score (nSPS) is 18.2. The molecule has 1 aliphatic rings. The van der Waals surface area contributed by atoms with Crippen LogP contribution in [-0.4, -0.2) is 47.3 Å². The van der Waals surface area contributed by atoms with Crippen LogP contribution in [0.3, 0.4) is 0 Å². The monoisotopic (exact) mass is 455 g/mol. The zero-order chi connectivity index (χ0) is 19.6. The van der Waals surface area contributed by atoms with Crippen molar-refractivity contribution in [3.05, 3.63) is 40.6 Å². The average Bonchev–Trinajstić information content (AvgIpc) is 3.10. The van der Waals surface area contributed by atoms with Gasteiger partial charge in [0.15, 0.2) is 0 Å². The molecule has 1 aromatic carbocycles. The summed E-state index contributed by atoms with van der Waals surface area (Å²) in [6.45, 7) is 0.241. The van der Waals surface area contributed by atoms with E-state index < -0.39 is 27.9 Å². The molecular formula is C16H18BrN5O4S. The number of carbonyl (C=O) groups excluding carboxylic acids is 2. The van der Waals surface area contributed by atoms with Gasteiger partial charge in [-0.3, -0.25) is 14.7 Å². The summed E-state index contributed by atoms with van der Waals surface area (Å²) in [4.78, 5) is 24.2. The summed E-state index contributed by atoms with van der Waals surface area (Å²) in [5.41, 5.74) is 5.31. The van der Waals surface area contributed by atoms with E-state index in [9.17, 15) is 18.0 Å². The van der Waals surface area contributed by atoms with Crippen molar-refractivity contribution in [2.75, 3.05) is 11.9 Å². The van der Waals surface area contributed by atoms with E-state index in [2.05, 4.69) is 31.4 Å². The Hall–Kier alpha value is -2.24. The van der Waals surface area contributed by atoms with Crippen LogP contribution in [0.4, 0.5) is 5.69 Å². The molecule has 2 amide bonds. The number of sulfonamides is 1. The van der Waals surface area contributed by atoms with Crippen LogP contribution in [0.25, 0.3) is 0 Å². The number of primary amides is 1. The number of aromatic nitrogens is 2. The lowest BCUT2D eigenvalue weighted by Gasteiger charge is -2.33. The molecule has 1 aromatic heterocycles. The van der Waals surface area contributed by atoms with Crippen molar-refractivity contribution >= 4 is 43.5 Å². The summed E-state index contributed by atoms with van der Waals surface area (Å²) >= 11 is 3.28. The number of nitrogens with zero attached hydrogens (tertiary/aromatic N) is 2. The number of anilines is 1. The summed E-state index contributed by atoms with van der Waals surface area (Å²) in [6.07, 6.45) is 3.02. The van der Waals surface area contributed by atoms with Gasteiger partial charge in [0.25, 0.3) is 5.91 Å². The fourth-order valence-corrected chi connectivity index (χ4v) is 4.90. The molecule has 2 aromatic rings. The van der Waals surface area contributed by atoms with E-state index in [-0.39, 0.29) is 22.8 Å². The topological polar surface area (TPSA) is 138 Å². The van der Waals surface area contributed by atoms with E-state index >= 15 is 0 Å². The molecule has 27 heavy (non-hydrogen) atoms. The first-order valence-corrected chi connectivity index (χ1v) is 10.5. The lowest BCUT2D eigenvalue weighted by molar-refractivity contribution is -0.120. The first kappa shape index (κ1) is 19.5. The minimum Gasteiger partial charge on any atom is -0.364 e. The molecule has 144 valence electrons. The van der Waals surface area contributed by atoms with Gasteiger partial charge in [0.05, 0.1) is 16.8 Å². The van der Waals surface area contributed by atoms with Crippen molar-refractivity contribution in [2.45, 2.75) is 30.2 Å². The first-order chi connectivity index (χ1) is 12.8. The molecule has 1 saturated heterocycles. The highest BCUT2D eigenvalue weighted by molar-refractivity contribution is 9.10. The van der Waals surface area contributed by atoms with Crippen molar-refractivity contribution in [1.82, 2.24) is 14.5 Å². The summed E-state index contributed by atoms with van der Waals surface area (Å²) in [6, 6.07) is 5.37. The number of H-pyrrole nitrogens is 1. The zero-order valence-electron chi connectivity index (χ0n) is 14.2. The SMILES string of the molecule is NC(=O)c1[nH]ncc1NC(=O)C1CCCCN1S(=O)(=O)c1ccc(Br)cc1. The number of nitrogens with two attached hydrogens (primary N) is 1. The molecule has 2 heterocycles. The maximum absolute atomic E-state index is 13.0. The van der Waals surface area contributed by atoms with Gasteiger partial charge in [-0.2, -0.15) is 9.40 Å². The van der Waals surface area contributed by atoms with Crippen LogP contribution in [0, 0.1) is 0 Å². The van der Waals surface area contributed by atoms with Crippen molar-refractivity contribution in [2.24, 2.45) is 5.73 Å².